The van der Waals surface area contributed by atoms with Crippen molar-refractivity contribution in [2.45, 2.75) is 6.92 Å². The summed E-state index contributed by atoms with van der Waals surface area (Å²) in [7, 11) is 0. The minimum absolute atomic E-state index is 0.0765. The molecule has 1 N–H and O–H groups in total. The predicted octanol–water partition coefficient (Wildman–Crippen LogP) is 1.26. The SMILES string of the molecule is C=COC(=O)C(=CC)C(=C)C(=O)O. The maximum Gasteiger partial charge on any atom is 0.343 e. The molecular formula is C9H10O4. The lowest BCUT2D eigenvalue weighted by Gasteiger charge is -2.03. The number of rotatable bonds is 4. The van der Waals surface area contributed by atoms with Crippen molar-refractivity contribution in [3.63, 3.8) is 0 Å². The Morgan fingerprint density at radius 2 is 2.00 bits per heavy atom. The number of carbonyl (C=O) groups is 2. The van der Waals surface area contributed by atoms with E-state index in [-0.39, 0.29) is 11.1 Å². The molecule has 0 aromatic heterocycles. The van der Waals surface area contributed by atoms with Crippen LogP contribution in [-0.4, -0.2) is 17.0 Å². The van der Waals surface area contributed by atoms with Gasteiger partial charge < -0.3 is 9.84 Å². The summed E-state index contributed by atoms with van der Waals surface area (Å²) in [5.74, 6) is -2.03. The first-order valence-corrected chi connectivity index (χ1v) is 3.45. The van der Waals surface area contributed by atoms with Crippen LogP contribution in [0.5, 0.6) is 0 Å². The van der Waals surface area contributed by atoms with Gasteiger partial charge in [-0.05, 0) is 6.92 Å². The number of carboxylic acid groups (broad SMARTS) is 1. The molecular weight excluding hydrogens is 172 g/mol. The molecule has 0 rings (SSSR count). The standard InChI is InChI=1S/C9H10O4/c1-4-7(6(3)8(10)11)9(12)13-5-2/h4-5H,2-3H2,1H3,(H,10,11). The van der Waals surface area contributed by atoms with Crippen molar-refractivity contribution < 1.29 is 19.4 Å². The Morgan fingerprint density at radius 1 is 1.46 bits per heavy atom. The average molecular weight is 182 g/mol. The van der Waals surface area contributed by atoms with Crippen LogP contribution < -0.4 is 0 Å². The van der Waals surface area contributed by atoms with Crippen molar-refractivity contribution in [2.24, 2.45) is 0 Å². The lowest BCUT2D eigenvalue weighted by Crippen LogP contribution is -2.11. The molecule has 70 valence electrons. The van der Waals surface area contributed by atoms with Crippen LogP contribution in [0, 0.1) is 0 Å². The molecule has 0 aliphatic carbocycles. The zero-order valence-electron chi connectivity index (χ0n) is 7.24. The lowest BCUT2D eigenvalue weighted by atomic mass is 10.1. The monoisotopic (exact) mass is 182 g/mol. The van der Waals surface area contributed by atoms with Gasteiger partial charge in [0.1, 0.15) is 0 Å². The summed E-state index contributed by atoms with van der Waals surface area (Å²) in [5, 5.41) is 8.53. The molecule has 0 spiro atoms. The van der Waals surface area contributed by atoms with Gasteiger partial charge in [0.15, 0.2) is 0 Å². The van der Waals surface area contributed by atoms with Gasteiger partial charge in [0.2, 0.25) is 0 Å². The van der Waals surface area contributed by atoms with Crippen molar-refractivity contribution >= 4 is 11.9 Å². The van der Waals surface area contributed by atoms with E-state index in [0.29, 0.717) is 0 Å². The summed E-state index contributed by atoms with van der Waals surface area (Å²) >= 11 is 0. The first-order valence-electron chi connectivity index (χ1n) is 3.45. The number of hydrogen-bond acceptors (Lipinski definition) is 3. The zero-order valence-corrected chi connectivity index (χ0v) is 7.24. The summed E-state index contributed by atoms with van der Waals surface area (Å²) in [4.78, 5) is 21.5. The summed E-state index contributed by atoms with van der Waals surface area (Å²) in [5.41, 5.74) is -0.373. The maximum absolute atomic E-state index is 11.0. The van der Waals surface area contributed by atoms with Crippen LogP contribution in [0.2, 0.25) is 0 Å². The summed E-state index contributed by atoms with van der Waals surface area (Å²) in [6.45, 7) is 7.92. The molecule has 0 aliphatic rings. The summed E-state index contributed by atoms with van der Waals surface area (Å²) < 4.78 is 4.40. The number of ether oxygens (including phenoxy) is 1. The number of carbonyl (C=O) groups excluding carboxylic acids is 1. The molecule has 13 heavy (non-hydrogen) atoms. The van der Waals surface area contributed by atoms with E-state index in [0.717, 1.165) is 6.26 Å². The molecule has 0 atom stereocenters. The van der Waals surface area contributed by atoms with E-state index >= 15 is 0 Å². The zero-order chi connectivity index (χ0) is 10.4. The van der Waals surface area contributed by atoms with Crippen molar-refractivity contribution in [3.8, 4) is 0 Å². The molecule has 0 aromatic carbocycles. The highest BCUT2D eigenvalue weighted by Crippen LogP contribution is 2.09. The Bertz CT molecular complexity index is 286. The van der Waals surface area contributed by atoms with Crippen LogP contribution in [0.3, 0.4) is 0 Å². The van der Waals surface area contributed by atoms with Gasteiger partial charge in [0.05, 0.1) is 17.4 Å². The Labute approximate surface area is 75.8 Å². The van der Waals surface area contributed by atoms with Crippen LogP contribution in [0.1, 0.15) is 6.92 Å². The summed E-state index contributed by atoms with van der Waals surface area (Å²) in [6.07, 6.45) is 2.25. The van der Waals surface area contributed by atoms with E-state index in [9.17, 15) is 9.59 Å². The number of esters is 1. The van der Waals surface area contributed by atoms with Crippen LogP contribution in [0.15, 0.2) is 36.6 Å². The Morgan fingerprint density at radius 3 is 2.31 bits per heavy atom. The van der Waals surface area contributed by atoms with Gasteiger partial charge in [-0.25, -0.2) is 9.59 Å². The molecule has 0 amide bonds. The molecule has 0 bridgehead atoms. The second-order valence-corrected chi connectivity index (χ2v) is 2.06. The molecule has 4 nitrogen and oxygen atoms in total. The number of hydrogen-bond donors (Lipinski definition) is 1. The minimum atomic E-state index is -1.26. The highest BCUT2D eigenvalue weighted by Gasteiger charge is 2.17. The minimum Gasteiger partial charge on any atom is -0.478 e. The third kappa shape index (κ3) is 2.94. The fourth-order valence-corrected chi connectivity index (χ4v) is 0.670. The normalized spacial score (nSPS) is 10.4. The Kier molecular flexibility index (Phi) is 4.23. The van der Waals surface area contributed by atoms with E-state index in [1.165, 1.54) is 13.0 Å². The largest absolute Gasteiger partial charge is 0.478 e. The fraction of sp³-hybridized carbons (Fsp3) is 0.111. The van der Waals surface area contributed by atoms with Gasteiger partial charge in [0, 0.05) is 0 Å². The van der Waals surface area contributed by atoms with Gasteiger partial charge in [-0.3, -0.25) is 0 Å². The predicted molar refractivity (Wildman–Crippen MR) is 46.8 cm³/mol. The summed E-state index contributed by atoms with van der Waals surface area (Å²) in [6, 6.07) is 0. The second-order valence-electron chi connectivity index (χ2n) is 2.06. The van der Waals surface area contributed by atoms with Gasteiger partial charge in [-0.1, -0.05) is 19.2 Å². The van der Waals surface area contributed by atoms with Gasteiger partial charge in [-0.15, -0.1) is 0 Å². The van der Waals surface area contributed by atoms with Crippen molar-refractivity contribution in [3.05, 3.63) is 36.6 Å². The highest BCUT2D eigenvalue weighted by atomic mass is 16.5. The van der Waals surface area contributed by atoms with E-state index in [4.69, 9.17) is 5.11 Å². The Hall–Kier alpha value is -1.84. The van der Waals surface area contributed by atoms with Crippen molar-refractivity contribution in [1.29, 1.82) is 0 Å². The molecule has 0 unspecified atom stereocenters. The lowest BCUT2D eigenvalue weighted by molar-refractivity contribution is -0.136. The number of carboxylic acids is 1. The van der Waals surface area contributed by atoms with Crippen molar-refractivity contribution in [2.75, 3.05) is 0 Å². The van der Waals surface area contributed by atoms with Crippen LogP contribution in [0.4, 0.5) is 0 Å². The van der Waals surface area contributed by atoms with E-state index in [2.05, 4.69) is 17.9 Å². The molecule has 0 aliphatic heterocycles. The molecule has 0 fully saturated rings. The molecule has 0 saturated carbocycles. The number of aliphatic carboxylic acids is 1. The maximum atomic E-state index is 11.0. The molecule has 0 aromatic rings. The van der Waals surface area contributed by atoms with Crippen molar-refractivity contribution in [1.82, 2.24) is 0 Å². The molecule has 0 heterocycles. The smallest absolute Gasteiger partial charge is 0.343 e. The first kappa shape index (κ1) is 11.2. The van der Waals surface area contributed by atoms with E-state index < -0.39 is 11.9 Å². The average Bonchev–Trinajstić information content (AvgIpc) is 2.05. The molecule has 0 saturated heterocycles. The second kappa shape index (κ2) is 4.92. The van der Waals surface area contributed by atoms with Gasteiger partial charge >= 0.3 is 11.9 Å². The quantitative estimate of drug-likeness (QED) is 0.307. The van der Waals surface area contributed by atoms with Crippen LogP contribution in [-0.2, 0) is 14.3 Å². The first-order chi connectivity index (χ1) is 6.04. The van der Waals surface area contributed by atoms with Gasteiger partial charge in [-0.2, -0.15) is 0 Å². The van der Waals surface area contributed by atoms with Crippen LogP contribution in [0.25, 0.3) is 0 Å². The van der Waals surface area contributed by atoms with E-state index in [1.54, 1.807) is 0 Å². The van der Waals surface area contributed by atoms with E-state index in [1.807, 2.05) is 0 Å². The molecule has 4 heteroatoms. The fourth-order valence-electron chi connectivity index (χ4n) is 0.670. The third-order valence-electron chi connectivity index (χ3n) is 1.28. The van der Waals surface area contributed by atoms with Crippen LogP contribution >= 0.6 is 0 Å². The topological polar surface area (TPSA) is 63.6 Å². The molecule has 0 radical (unpaired) electrons. The highest BCUT2D eigenvalue weighted by molar-refractivity contribution is 6.05. The number of allylic oxidation sites excluding steroid dienone is 1. The third-order valence-corrected chi connectivity index (χ3v) is 1.28. The Balaban J connectivity index is 4.73. The van der Waals surface area contributed by atoms with Gasteiger partial charge in [0.25, 0.3) is 0 Å².